The van der Waals surface area contributed by atoms with Crippen LogP contribution in [-0.2, 0) is 7.05 Å². The molecule has 2 rings (SSSR count). The van der Waals surface area contributed by atoms with Crippen LogP contribution in [0.25, 0.3) is 0 Å². The van der Waals surface area contributed by atoms with Crippen LogP contribution < -0.4 is 5.32 Å². The second kappa shape index (κ2) is 5.59. The molecule has 19 heavy (non-hydrogen) atoms. The molecule has 0 unspecified atom stereocenters. The monoisotopic (exact) mass is 265 g/mol. The highest BCUT2D eigenvalue weighted by molar-refractivity contribution is 5.75. The summed E-state index contributed by atoms with van der Waals surface area (Å²) in [5, 5.41) is 10.9. The molecule has 6 heteroatoms. The molecule has 1 aromatic rings. The molecule has 3 atom stereocenters. The fourth-order valence-corrected chi connectivity index (χ4v) is 2.85. The van der Waals surface area contributed by atoms with E-state index in [-0.39, 0.29) is 12.1 Å². The molecule has 1 aliphatic heterocycles. The number of likely N-dealkylation sites (tertiary alicyclic amines) is 1. The molecule has 0 spiro atoms. The molecule has 6 nitrogen and oxygen atoms in total. The zero-order chi connectivity index (χ0) is 14.0. The maximum Gasteiger partial charge on any atom is 0.318 e. The van der Waals surface area contributed by atoms with Gasteiger partial charge < -0.3 is 14.8 Å². The number of carbonyl (C=O) groups excluding carboxylic acids is 1. The first-order valence-corrected chi connectivity index (χ1v) is 6.97. The smallest absolute Gasteiger partial charge is 0.318 e. The minimum atomic E-state index is -0.134. The van der Waals surface area contributed by atoms with Crippen molar-refractivity contribution in [2.45, 2.75) is 58.2 Å². The summed E-state index contributed by atoms with van der Waals surface area (Å²) in [6, 6.07) is 0.552. The van der Waals surface area contributed by atoms with Gasteiger partial charge in [-0.25, -0.2) is 4.79 Å². The first-order valence-electron chi connectivity index (χ1n) is 6.97. The Kier molecular flexibility index (Phi) is 4.07. The van der Waals surface area contributed by atoms with E-state index in [1.165, 1.54) is 0 Å². The van der Waals surface area contributed by atoms with Gasteiger partial charge in [-0.05, 0) is 33.1 Å². The molecule has 2 heterocycles. The summed E-state index contributed by atoms with van der Waals surface area (Å²) in [7, 11) is 1.88. The van der Waals surface area contributed by atoms with Crippen molar-refractivity contribution < 1.29 is 4.79 Å². The lowest BCUT2D eigenvalue weighted by Crippen LogP contribution is -2.46. The zero-order valence-electron chi connectivity index (χ0n) is 12.1. The molecule has 1 aliphatic rings. The molecule has 0 radical (unpaired) electrons. The van der Waals surface area contributed by atoms with Gasteiger partial charge in [-0.3, -0.25) is 0 Å². The molecular formula is C13H23N5O. The van der Waals surface area contributed by atoms with Crippen LogP contribution in [0.2, 0.25) is 0 Å². The Balaban J connectivity index is 2.02. The quantitative estimate of drug-likeness (QED) is 0.907. The second-order valence-electron chi connectivity index (χ2n) is 5.37. The lowest BCUT2D eigenvalue weighted by Gasteiger charge is -2.29. The Labute approximate surface area is 114 Å². The summed E-state index contributed by atoms with van der Waals surface area (Å²) in [4.78, 5) is 14.4. The van der Waals surface area contributed by atoms with Gasteiger partial charge in [-0.1, -0.05) is 6.92 Å². The number of aromatic nitrogens is 3. The molecule has 1 saturated heterocycles. The largest absolute Gasteiger partial charge is 0.328 e. The van der Waals surface area contributed by atoms with Crippen molar-refractivity contribution in [3.8, 4) is 0 Å². The average Bonchev–Trinajstić information content (AvgIpc) is 2.94. The van der Waals surface area contributed by atoms with Gasteiger partial charge in [-0.15, -0.1) is 10.2 Å². The van der Waals surface area contributed by atoms with Crippen molar-refractivity contribution in [1.82, 2.24) is 25.0 Å². The lowest BCUT2D eigenvalue weighted by atomic mass is 10.2. The first-order chi connectivity index (χ1) is 9.04. The molecule has 1 fully saturated rings. The second-order valence-corrected chi connectivity index (χ2v) is 5.37. The van der Waals surface area contributed by atoms with Crippen molar-refractivity contribution in [2.24, 2.45) is 7.05 Å². The van der Waals surface area contributed by atoms with Crippen molar-refractivity contribution in [3.05, 3.63) is 12.2 Å². The van der Waals surface area contributed by atoms with Gasteiger partial charge in [0.25, 0.3) is 0 Å². The third kappa shape index (κ3) is 2.72. The van der Waals surface area contributed by atoms with E-state index < -0.39 is 0 Å². The van der Waals surface area contributed by atoms with Crippen LogP contribution in [0.5, 0.6) is 0 Å². The summed E-state index contributed by atoms with van der Waals surface area (Å²) < 4.78 is 1.83. The number of rotatable bonds is 3. The van der Waals surface area contributed by atoms with Gasteiger partial charge in [0, 0.05) is 19.1 Å². The van der Waals surface area contributed by atoms with E-state index in [9.17, 15) is 4.79 Å². The van der Waals surface area contributed by atoms with Crippen molar-refractivity contribution in [1.29, 1.82) is 0 Å². The van der Waals surface area contributed by atoms with E-state index in [2.05, 4.69) is 29.4 Å². The SMILES string of the molecule is CC[C@@H]1CC[C@@H](C)N1C(=O)N[C@H](C)c1nncn1C. The van der Waals surface area contributed by atoms with Gasteiger partial charge in [0.05, 0.1) is 6.04 Å². The van der Waals surface area contributed by atoms with Gasteiger partial charge >= 0.3 is 6.03 Å². The Bertz CT molecular complexity index is 444. The summed E-state index contributed by atoms with van der Waals surface area (Å²) in [6.07, 6.45) is 4.84. The number of nitrogens with one attached hydrogen (secondary N) is 1. The number of urea groups is 1. The molecule has 0 aromatic carbocycles. The average molecular weight is 265 g/mol. The van der Waals surface area contributed by atoms with Crippen molar-refractivity contribution >= 4 is 6.03 Å². The number of hydrogen-bond donors (Lipinski definition) is 1. The fourth-order valence-electron chi connectivity index (χ4n) is 2.85. The van der Waals surface area contributed by atoms with E-state index in [1.54, 1.807) is 6.33 Å². The first kappa shape index (κ1) is 13.8. The van der Waals surface area contributed by atoms with Crippen LogP contribution in [0.4, 0.5) is 4.79 Å². The number of amides is 2. The highest BCUT2D eigenvalue weighted by Crippen LogP contribution is 2.26. The van der Waals surface area contributed by atoms with Crippen LogP contribution in [0.15, 0.2) is 6.33 Å². The number of aryl methyl sites for hydroxylation is 1. The molecule has 106 valence electrons. The van der Waals surface area contributed by atoms with Gasteiger partial charge in [-0.2, -0.15) is 0 Å². The normalized spacial score (nSPS) is 24.5. The Hall–Kier alpha value is -1.59. The van der Waals surface area contributed by atoms with Crippen LogP contribution >= 0.6 is 0 Å². The number of carbonyl (C=O) groups is 1. The fraction of sp³-hybridized carbons (Fsp3) is 0.769. The standard InChI is InChI=1S/C13H23N5O/c1-5-11-7-6-9(2)18(11)13(19)15-10(3)12-16-14-8-17(12)4/h8-11H,5-7H2,1-4H3,(H,15,19)/t9-,10-,11-/m1/s1. The minimum Gasteiger partial charge on any atom is -0.328 e. The minimum absolute atomic E-state index is 0.00681. The van der Waals surface area contributed by atoms with Crippen molar-refractivity contribution in [3.63, 3.8) is 0 Å². The molecule has 0 aliphatic carbocycles. The van der Waals surface area contributed by atoms with E-state index in [1.807, 2.05) is 23.4 Å². The van der Waals surface area contributed by atoms with E-state index in [4.69, 9.17) is 0 Å². The summed E-state index contributed by atoms with van der Waals surface area (Å²) in [5.41, 5.74) is 0. The van der Waals surface area contributed by atoms with Gasteiger partial charge in [0.1, 0.15) is 6.33 Å². The summed E-state index contributed by atoms with van der Waals surface area (Å²) in [6.45, 7) is 6.18. The van der Waals surface area contributed by atoms with Gasteiger partial charge in [0.2, 0.25) is 0 Å². The van der Waals surface area contributed by atoms with E-state index in [0.29, 0.717) is 12.1 Å². The highest BCUT2D eigenvalue weighted by atomic mass is 16.2. The van der Waals surface area contributed by atoms with Crippen LogP contribution in [0.3, 0.4) is 0 Å². The third-order valence-electron chi connectivity index (χ3n) is 3.97. The van der Waals surface area contributed by atoms with Crippen LogP contribution in [0, 0.1) is 0 Å². The maximum atomic E-state index is 12.4. The van der Waals surface area contributed by atoms with Crippen molar-refractivity contribution in [2.75, 3.05) is 0 Å². The summed E-state index contributed by atoms with van der Waals surface area (Å²) >= 11 is 0. The Morgan fingerprint density at radius 2 is 2.32 bits per heavy atom. The predicted molar refractivity (Wildman–Crippen MR) is 72.6 cm³/mol. The zero-order valence-corrected chi connectivity index (χ0v) is 12.1. The van der Waals surface area contributed by atoms with Gasteiger partial charge in [0.15, 0.2) is 5.82 Å². The molecular weight excluding hydrogens is 242 g/mol. The topological polar surface area (TPSA) is 63.1 Å². The summed E-state index contributed by atoms with van der Waals surface area (Å²) in [5.74, 6) is 0.772. The van der Waals surface area contributed by atoms with Crippen LogP contribution in [-0.4, -0.2) is 37.8 Å². The molecule has 1 N–H and O–H groups in total. The molecule has 0 bridgehead atoms. The van der Waals surface area contributed by atoms with E-state index in [0.717, 1.165) is 25.1 Å². The molecule has 2 amide bonds. The Morgan fingerprint density at radius 1 is 1.58 bits per heavy atom. The van der Waals surface area contributed by atoms with Crippen LogP contribution in [0.1, 0.15) is 51.9 Å². The Morgan fingerprint density at radius 3 is 2.89 bits per heavy atom. The molecule has 1 aromatic heterocycles. The highest BCUT2D eigenvalue weighted by Gasteiger charge is 2.33. The number of hydrogen-bond acceptors (Lipinski definition) is 3. The maximum absolute atomic E-state index is 12.4. The molecule has 0 saturated carbocycles. The third-order valence-corrected chi connectivity index (χ3v) is 3.97. The number of nitrogens with zero attached hydrogens (tertiary/aromatic N) is 4. The lowest BCUT2D eigenvalue weighted by molar-refractivity contribution is 0.171. The van der Waals surface area contributed by atoms with E-state index >= 15 is 0 Å². The predicted octanol–water partition coefficient (Wildman–Crippen LogP) is 1.85.